The van der Waals surface area contributed by atoms with E-state index in [1.807, 2.05) is 0 Å². The van der Waals surface area contributed by atoms with Crippen molar-refractivity contribution < 1.29 is 29.4 Å². The first-order valence-corrected chi connectivity index (χ1v) is 12.0. The number of hydrogen-bond donors (Lipinski definition) is 8. The van der Waals surface area contributed by atoms with Crippen LogP contribution in [-0.4, -0.2) is 74.6 Å². The second kappa shape index (κ2) is 14.6. The van der Waals surface area contributed by atoms with Gasteiger partial charge in [0.25, 0.3) is 0 Å². The number of amides is 3. The highest BCUT2D eigenvalue weighted by Gasteiger charge is 2.30. The van der Waals surface area contributed by atoms with Gasteiger partial charge >= 0.3 is 5.97 Å². The van der Waals surface area contributed by atoms with E-state index in [-0.39, 0.29) is 25.0 Å². The van der Waals surface area contributed by atoms with Gasteiger partial charge in [0.1, 0.15) is 23.9 Å². The van der Waals surface area contributed by atoms with Crippen molar-refractivity contribution in [3.05, 3.63) is 48.0 Å². The average Bonchev–Trinajstić information content (AvgIpc) is 3.36. The summed E-state index contributed by atoms with van der Waals surface area (Å²) in [6.45, 7) is 1.87. The van der Waals surface area contributed by atoms with Gasteiger partial charge in [-0.2, -0.15) is 0 Å². The predicted molar refractivity (Wildman–Crippen MR) is 134 cm³/mol. The van der Waals surface area contributed by atoms with Gasteiger partial charge in [-0.15, -0.1) is 0 Å². The number of nitrogens with zero attached hydrogens (tertiary/aromatic N) is 1. The zero-order valence-corrected chi connectivity index (χ0v) is 20.6. The molecular weight excluding hydrogens is 482 g/mol. The lowest BCUT2D eigenvalue weighted by molar-refractivity contribution is -0.142. The monoisotopic (exact) mass is 517 g/mol. The number of unbranched alkanes of at least 4 members (excludes halogenated alkanes) is 1. The number of aromatic amines is 1. The molecular formula is C24H35N7O6. The Hall–Kier alpha value is -3.97. The molecule has 0 aliphatic heterocycles. The minimum Gasteiger partial charge on any atom is -0.508 e. The topological polar surface area (TPSA) is 226 Å². The van der Waals surface area contributed by atoms with Gasteiger partial charge in [0, 0.05) is 24.7 Å². The summed E-state index contributed by atoms with van der Waals surface area (Å²) in [6.07, 6.45) is 4.23. The third-order valence-electron chi connectivity index (χ3n) is 5.60. The lowest BCUT2D eigenvalue weighted by Crippen LogP contribution is -2.58. The second-order valence-electron chi connectivity index (χ2n) is 8.75. The third kappa shape index (κ3) is 9.89. The van der Waals surface area contributed by atoms with Crippen molar-refractivity contribution >= 4 is 23.7 Å². The van der Waals surface area contributed by atoms with Crippen molar-refractivity contribution in [1.82, 2.24) is 25.9 Å². The van der Waals surface area contributed by atoms with Gasteiger partial charge in [-0.3, -0.25) is 14.4 Å². The number of aliphatic carboxylic acids is 1. The molecule has 1 heterocycles. The van der Waals surface area contributed by atoms with E-state index in [0.717, 1.165) is 0 Å². The predicted octanol–water partition coefficient (Wildman–Crippen LogP) is -1.08. The molecule has 13 nitrogen and oxygen atoms in total. The summed E-state index contributed by atoms with van der Waals surface area (Å²) < 4.78 is 0. The number of nitrogens with one attached hydrogen (secondary N) is 4. The molecule has 0 bridgehead atoms. The number of imidazole rings is 1. The van der Waals surface area contributed by atoms with Crippen molar-refractivity contribution in [2.24, 2.45) is 11.5 Å². The Bertz CT molecular complexity index is 1030. The smallest absolute Gasteiger partial charge is 0.326 e. The first kappa shape index (κ1) is 29.3. The van der Waals surface area contributed by atoms with Gasteiger partial charge in [0.15, 0.2) is 0 Å². The molecule has 0 saturated heterocycles. The van der Waals surface area contributed by atoms with Crippen molar-refractivity contribution in [1.29, 1.82) is 0 Å². The largest absolute Gasteiger partial charge is 0.508 e. The van der Waals surface area contributed by atoms with E-state index in [0.29, 0.717) is 30.6 Å². The molecule has 0 radical (unpaired) electrons. The number of hydrogen-bond acceptors (Lipinski definition) is 8. The van der Waals surface area contributed by atoms with E-state index in [1.165, 1.54) is 31.6 Å². The van der Waals surface area contributed by atoms with Crippen LogP contribution >= 0.6 is 0 Å². The molecule has 3 amide bonds. The van der Waals surface area contributed by atoms with Crippen molar-refractivity contribution in [3.63, 3.8) is 0 Å². The number of phenolic OH excluding ortho intramolecular Hbond substituents is 1. The number of carboxylic acid groups (broad SMARTS) is 1. The SMILES string of the molecule is CC(N)C(=O)NC(Cc1ccc(O)cc1)C(=O)NC(Cc1cnc[nH]1)C(=O)NC(CCCCN)C(=O)O. The molecule has 10 N–H and O–H groups in total. The van der Waals surface area contributed by atoms with Gasteiger partial charge in [0.2, 0.25) is 17.7 Å². The number of aromatic nitrogens is 2. The normalized spacial score (nSPS) is 14.1. The van der Waals surface area contributed by atoms with Crippen LogP contribution in [0.4, 0.5) is 0 Å². The Balaban J connectivity index is 2.23. The van der Waals surface area contributed by atoms with E-state index in [1.54, 1.807) is 12.1 Å². The van der Waals surface area contributed by atoms with E-state index in [2.05, 4.69) is 25.9 Å². The van der Waals surface area contributed by atoms with Crippen LogP contribution in [0.2, 0.25) is 0 Å². The highest BCUT2D eigenvalue weighted by atomic mass is 16.4. The number of H-pyrrole nitrogens is 1. The summed E-state index contributed by atoms with van der Waals surface area (Å²) in [5.41, 5.74) is 12.3. The van der Waals surface area contributed by atoms with Crippen molar-refractivity contribution in [2.45, 2.75) is 63.2 Å². The molecule has 0 fully saturated rings. The lowest BCUT2D eigenvalue weighted by Gasteiger charge is -2.25. The Morgan fingerprint density at radius 3 is 2.08 bits per heavy atom. The van der Waals surface area contributed by atoms with Crippen LogP contribution in [0.25, 0.3) is 0 Å². The maximum atomic E-state index is 13.3. The highest BCUT2D eigenvalue weighted by Crippen LogP contribution is 2.12. The van der Waals surface area contributed by atoms with Crippen LogP contribution < -0.4 is 27.4 Å². The first-order valence-electron chi connectivity index (χ1n) is 12.0. The van der Waals surface area contributed by atoms with Gasteiger partial charge in [-0.25, -0.2) is 9.78 Å². The third-order valence-corrected chi connectivity index (χ3v) is 5.60. The lowest BCUT2D eigenvalue weighted by atomic mass is 10.0. The number of nitrogens with two attached hydrogens (primary N) is 2. The molecule has 13 heteroatoms. The fourth-order valence-corrected chi connectivity index (χ4v) is 3.50. The fourth-order valence-electron chi connectivity index (χ4n) is 3.50. The molecule has 2 aromatic rings. The average molecular weight is 518 g/mol. The summed E-state index contributed by atoms with van der Waals surface area (Å²) in [5.74, 6) is -3.10. The van der Waals surface area contributed by atoms with E-state index in [4.69, 9.17) is 11.5 Å². The minimum atomic E-state index is -1.20. The molecule has 0 spiro atoms. The molecule has 4 unspecified atom stereocenters. The van der Waals surface area contributed by atoms with Crippen molar-refractivity contribution in [2.75, 3.05) is 6.54 Å². The Labute approximate surface area is 214 Å². The van der Waals surface area contributed by atoms with E-state index in [9.17, 15) is 29.4 Å². The zero-order valence-electron chi connectivity index (χ0n) is 20.6. The summed E-state index contributed by atoms with van der Waals surface area (Å²) in [7, 11) is 0. The fraction of sp³-hybridized carbons (Fsp3) is 0.458. The summed E-state index contributed by atoms with van der Waals surface area (Å²) in [6, 6.07) is 1.78. The maximum Gasteiger partial charge on any atom is 0.326 e. The second-order valence-corrected chi connectivity index (χ2v) is 8.75. The van der Waals surface area contributed by atoms with Gasteiger partial charge in [0.05, 0.1) is 12.4 Å². The van der Waals surface area contributed by atoms with Crippen LogP contribution in [0, 0.1) is 0 Å². The maximum absolute atomic E-state index is 13.3. The number of phenols is 1. The molecule has 202 valence electrons. The number of carbonyl (C=O) groups excluding carboxylic acids is 3. The molecule has 1 aromatic heterocycles. The number of benzene rings is 1. The Morgan fingerprint density at radius 2 is 1.54 bits per heavy atom. The van der Waals surface area contributed by atoms with Gasteiger partial charge < -0.3 is 42.6 Å². The summed E-state index contributed by atoms with van der Waals surface area (Å²) >= 11 is 0. The number of carbonyl (C=O) groups is 4. The zero-order chi connectivity index (χ0) is 27.4. The van der Waals surface area contributed by atoms with E-state index < -0.39 is 47.9 Å². The highest BCUT2D eigenvalue weighted by molar-refractivity contribution is 5.94. The van der Waals surface area contributed by atoms with Crippen LogP contribution in [0.3, 0.4) is 0 Å². The number of carboxylic acids is 1. The molecule has 37 heavy (non-hydrogen) atoms. The number of rotatable bonds is 15. The molecule has 0 saturated carbocycles. The summed E-state index contributed by atoms with van der Waals surface area (Å²) in [4.78, 5) is 57.2. The van der Waals surface area contributed by atoms with Crippen LogP contribution in [0.15, 0.2) is 36.8 Å². The van der Waals surface area contributed by atoms with Gasteiger partial charge in [-0.1, -0.05) is 12.1 Å². The van der Waals surface area contributed by atoms with Crippen LogP contribution in [0.5, 0.6) is 5.75 Å². The minimum absolute atomic E-state index is 0.000119. The molecule has 0 aliphatic rings. The standard InChI is InChI=1S/C24H35N7O6/c1-14(26)21(33)30-19(10-15-5-7-17(32)8-6-15)22(34)31-20(11-16-12-27-13-28-16)23(35)29-18(24(36)37)4-2-3-9-25/h5-8,12-14,18-20,32H,2-4,9-11,25-26H2,1H3,(H,27,28)(H,29,35)(H,30,33)(H,31,34)(H,36,37). The van der Waals surface area contributed by atoms with Crippen molar-refractivity contribution in [3.8, 4) is 5.75 Å². The molecule has 1 aromatic carbocycles. The quantitative estimate of drug-likeness (QED) is 0.134. The molecule has 0 aliphatic carbocycles. The first-order chi connectivity index (χ1) is 17.6. The van der Waals surface area contributed by atoms with Crippen LogP contribution in [-0.2, 0) is 32.0 Å². The molecule has 4 atom stereocenters. The van der Waals surface area contributed by atoms with Gasteiger partial charge in [-0.05, 0) is 50.4 Å². The molecule has 2 rings (SSSR count). The number of aromatic hydroxyl groups is 1. The summed E-state index contributed by atoms with van der Waals surface area (Å²) in [5, 5.41) is 26.8. The van der Waals surface area contributed by atoms with E-state index >= 15 is 0 Å². The Kier molecular flexibility index (Phi) is 11.5. The Morgan fingerprint density at radius 1 is 0.946 bits per heavy atom. The van der Waals surface area contributed by atoms with Crippen LogP contribution in [0.1, 0.15) is 37.4 Å².